The highest BCUT2D eigenvalue weighted by Crippen LogP contribution is 2.41. The number of carboxylic acids is 1. The molecule has 2 amide bonds. The first-order valence-electron chi connectivity index (χ1n) is 7.52. The molecule has 1 unspecified atom stereocenters. The summed E-state index contributed by atoms with van der Waals surface area (Å²) in [6.07, 6.45) is -0.375. The average Bonchev–Trinajstić information content (AvgIpc) is 2.58. The maximum atomic E-state index is 12.3. The van der Waals surface area contributed by atoms with E-state index in [4.69, 9.17) is 11.6 Å². The smallest absolute Gasteiger partial charge is 0.353 e. The van der Waals surface area contributed by atoms with E-state index in [-0.39, 0.29) is 28.5 Å². The van der Waals surface area contributed by atoms with Gasteiger partial charge in [0.1, 0.15) is 17.1 Å². The Kier molecular flexibility index (Phi) is 5.21. The van der Waals surface area contributed by atoms with Crippen LogP contribution in [0.3, 0.4) is 0 Å². The summed E-state index contributed by atoms with van der Waals surface area (Å²) in [5.41, 5.74) is -0.223. The van der Waals surface area contributed by atoms with Crippen LogP contribution in [-0.4, -0.2) is 57.9 Å². The number of nitrogens with one attached hydrogen (secondary N) is 1. The molecule has 1 saturated heterocycles. The first kappa shape index (κ1) is 19.7. The number of aliphatic carboxylic acids is 1. The van der Waals surface area contributed by atoms with Crippen LogP contribution in [0.4, 0.5) is 0 Å². The molecular weight excluding hydrogens is 420 g/mol. The molecule has 1 fully saturated rings. The Bertz CT molecular complexity index is 976. The molecule has 0 aromatic heterocycles. The lowest BCUT2D eigenvalue weighted by Gasteiger charge is -2.48. The van der Waals surface area contributed by atoms with Crippen LogP contribution >= 0.6 is 23.4 Å². The van der Waals surface area contributed by atoms with Crippen LogP contribution in [0.5, 0.6) is 0 Å². The van der Waals surface area contributed by atoms with Gasteiger partial charge in [0.05, 0.1) is 16.3 Å². The Hall–Kier alpha value is -2.08. The number of benzene rings is 1. The van der Waals surface area contributed by atoms with Gasteiger partial charge in [-0.25, -0.2) is 4.79 Å². The molecule has 0 saturated carbocycles. The Labute approximate surface area is 163 Å². The zero-order chi connectivity index (χ0) is 19.9. The van der Waals surface area contributed by atoms with Crippen LogP contribution in [0.15, 0.2) is 39.9 Å². The first-order chi connectivity index (χ1) is 12.6. The quantitative estimate of drug-likeness (QED) is 0.448. The van der Waals surface area contributed by atoms with Gasteiger partial charge in [0.15, 0.2) is 0 Å². The minimum absolute atomic E-state index is 0.0453. The van der Waals surface area contributed by atoms with Crippen LogP contribution in [-0.2, 0) is 30.9 Å². The number of carbonyl (C=O) groups excluding carboxylic acids is 2. The second kappa shape index (κ2) is 7.15. The molecule has 2 atom stereocenters. The second-order valence-corrected chi connectivity index (χ2v) is 8.72. The van der Waals surface area contributed by atoms with Gasteiger partial charge in [0.25, 0.3) is 16.0 Å². The van der Waals surface area contributed by atoms with E-state index in [1.54, 1.807) is 0 Å². The zero-order valence-corrected chi connectivity index (χ0v) is 15.8. The van der Waals surface area contributed by atoms with Crippen molar-refractivity contribution >= 4 is 51.3 Å². The van der Waals surface area contributed by atoms with Crippen LogP contribution in [0.2, 0.25) is 0 Å². The topological polar surface area (TPSA) is 141 Å². The van der Waals surface area contributed by atoms with Crippen LogP contribution in [0.1, 0.15) is 5.56 Å². The summed E-state index contributed by atoms with van der Waals surface area (Å²) in [6, 6.07) is 4.51. The van der Waals surface area contributed by atoms with Crippen LogP contribution in [0, 0.1) is 0 Å². The molecule has 1 aromatic carbocycles. The highest BCUT2D eigenvalue weighted by molar-refractivity contribution is 8.00. The molecule has 3 rings (SSSR count). The molecule has 144 valence electrons. The third-order valence-corrected chi connectivity index (χ3v) is 6.75. The molecule has 3 N–H and O–H groups in total. The number of amides is 2. The van der Waals surface area contributed by atoms with Gasteiger partial charge < -0.3 is 10.4 Å². The van der Waals surface area contributed by atoms with Crippen molar-refractivity contribution < 1.29 is 32.5 Å². The number of β-lactam (4-membered cyclic amide) rings is 1. The van der Waals surface area contributed by atoms with Gasteiger partial charge in [-0.3, -0.25) is 19.0 Å². The van der Waals surface area contributed by atoms with Crippen molar-refractivity contribution in [3.63, 3.8) is 0 Å². The van der Waals surface area contributed by atoms with E-state index in [1.165, 1.54) is 30.0 Å². The first-order valence-corrected chi connectivity index (χ1v) is 10.4. The lowest BCUT2D eigenvalue weighted by atomic mass is 10.0. The molecule has 2 heterocycles. The second-order valence-electron chi connectivity index (χ2n) is 5.77. The molecule has 0 bridgehead atoms. The largest absolute Gasteiger partial charge is 0.477 e. The number of nitrogens with zero attached hydrogens (tertiary/aromatic N) is 1. The third-order valence-electron chi connectivity index (χ3n) is 4.04. The highest BCUT2D eigenvalue weighted by Gasteiger charge is 2.54. The number of carboxylic acid groups (broad SMARTS) is 1. The third kappa shape index (κ3) is 3.68. The van der Waals surface area contributed by atoms with Crippen molar-refractivity contribution in [2.45, 2.75) is 22.7 Å². The predicted molar refractivity (Wildman–Crippen MR) is 95.5 cm³/mol. The van der Waals surface area contributed by atoms with Crippen molar-refractivity contribution in [1.29, 1.82) is 0 Å². The molecule has 9 nitrogen and oxygen atoms in total. The number of thioether (sulfide) groups is 1. The molecule has 0 aliphatic carbocycles. The minimum atomic E-state index is -4.50. The minimum Gasteiger partial charge on any atom is -0.477 e. The fourth-order valence-electron chi connectivity index (χ4n) is 2.88. The van der Waals surface area contributed by atoms with E-state index < -0.39 is 44.2 Å². The van der Waals surface area contributed by atoms with E-state index in [0.717, 1.165) is 11.0 Å². The van der Waals surface area contributed by atoms with E-state index in [2.05, 4.69) is 5.32 Å². The summed E-state index contributed by atoms with van der Waals surface area (Å²) >= 11 is 7.09. The molecular formula is C15H13ClN2O7S2. The lowest BCUT2D eigenvalue weighted by Crippen LogP contribution is -2.70. The Morgan fingerprint density at radius 1 is 1.33 bits per heavy atom. The fourth-order valence-corrected chi connectivity index (χ4v) is 5.15. The van der Waals surface area contributed by atoms with Crippen molar-refractivity contribution in [3.8, 4) is 0 Å². The summed E-state index contributed by atoms with van der Waals surface area (Å²) < 4.78 is 32.0. The SMILES string of the molecule is O=C(Cc1ccccc1S(=O)(=O)O)NC1C(=O)N2C(C(=O)O)=C(Cl)CS[C@H]12. The maximum Gasteiger partial charge on any atom is 0.353 e. The number of halogens is 1. The number of hydrogen-bond donors (Lipinski definition) is 3. The molecule has 27 heavy (non-hydrogen) atoms. The number of rotatable bonds is 5. The molecule has 0 radical (unpaired) electrons. The number of fused-ring (bicyclic) bond motifs is 1. The van der Waals surface area contributed by atoms with Crippen molar-refractivity contribution in [2.24, 2.45) is 0 Å². The zero-order valence-electron chi connectivity index (χ0n) is 13.5. The van der Waals surface area contributed by atoms with Gasteiger partial charge >= 0.3 is 5.97 Å². The van der Waals surface area contributed by atoms with Gasteiger partial charge in [-0.05, 0) is 11.6 Å². The summed E-state index contributed by atoms with van der Waals surface area (Å²) in [7, 11) is -4.50. The van der Waals surface area contributed by atoms with Crippen molar-refractivity contribution in [2.75, 3.05) is 5.75 Å². The summed E-state index contributed by atoms with van der Waals surface area (Å²) in [4.78, 5) is 36.5. The van der Waals surface area contributed by atoms with Crippen LogP contribution in [0.25, 0.3) is 0 Å². The number of carbonyl (C=O) groups is 3. The standard InChI is InChI=1S/C15H13ClN2O7S2/c16-8-6-26-14-11(13(20)18(14)12(8)15(21)22)17-10(19)5-7-3-1-2-4-9(7)27(23,24)25/h1-4,11,14H,5-6H2,(H,17,19)(H,21,22)(H,23,24,25)/t11?,14-/m1/s1. The molecule has 2 aliphatic rings. The predicted octanol–water partition coefficient (Wildman–Crippen LogP) is 0.411. The monoisotopic (exact) mass is 432 g/mol. The van der Waals surface area contributed by atoms with Gasteiger partial charge in [0.2, 0.25) is 5.91 Å². The molecule has 12 heteroatoms. The Balaban J connectivity index is 1.73. The van der Waals surface area contributed by atoms with Crippen molar-refractivity contribution in [3.05, 3.63) is 40.6 Å². The fraction of sp³-hybridized carbons (Fsp3) is 0.267. The van der Waals surface area contributed by atoms with E-state index in [1.807, 2.05) is 0 Å². The van der Waals surface area contributed by atoms with E-state index >= 15 is 0 Å². The van der Waals surface area contributed by atoms with E-state index in [0.29, 0.717) is 0 Å². The summed E-state index contributed by atoms with van der Waals surface area (Å²) in [5.74, 6) is -2.39. The normalized spacial score (nSPS) is 22.1. The van der Waals surface area contributed by atoms with Gasteiger partial charge in [-0.15, -0.1) is 11.8 Å². The lowest BCUT2D eigenvalue weighted by molar-refractivity contribution is -0.150. The molecule has 1 aromatic rings. The van der Waals surface area contributed by atoms with Crippen molar-refractivity contribution in [1.82, 2.24) is 10.2 Å². The summed E-state index contributed by atoms with van der Waals surface area (Å²) in [5, 5.41) is 11.1. The number of hydrogen-bond acceptors (Lipinski definition) is 6. The average molecular weight is 433 g/mol. The molecule has 2 aliphatic heterocycles. The highest BCUT2D eigenvalue weighted by atomic mass is 35.5. The van der Waals surface area contributed by atoms with Gasteiger partial charge in [-0.1, -0.05) is 29.8 Å². The maximum absolute atomic E-state index is 12.3. The van der Waals surface area contributed by atoms with Crippen LogP contribution < -0.4 is 5.32 Å². The van der Waals surface area contributed by atoms with Gasteiger partial charge in [-0.2, -0.15) is 8.42 Å². The van der Waals surface area contributed by atoms with Gasteiger partial charge in [0, 0.05) is 5.75 Å². The Morgan fingerprint density at radius 2 is 2.00 bits per heavy atom. The Morgan fingerprint density at radius 3 is 2.63 bits per heavy atom. The molecule has 0 spiro atoms. The summed E-state index contributed by atoms with van der Waals surface area (Å²) in [6.45, 7) is 0. The van der Waals surface area contributed by atoms with E-state index in [9.17, 15) is 32.5 Å².